The lowest BCUT2D eigenvalue weighted by Gasteiger charge is -2.08. The van der Waals surface area contributed by atoms with E-state index in [1.807, 2.05) is 10.8 Å². The van der Waals surface area contributed by atoms with Crippen LogP contribution in [0.15, 0.2) is 43.0 Å². The molecule has 2 rings (SSSR count). The normalized spacial score (nSPS) is 11.5. The molecular weight excluding hydrogens is 319 g/mol. The highest BCUT2D eigenvalue weighted by atomic mass is 19.4. The fourth-order valence-electron chi connectivity index (χ4n) is 2.31. The molecule has 1 aromatic carbocycles. The number of carbonyl (C=O) groups is 1. The van der Waals surface area contributed by atoms with E-state index in [0.29, 0.717) is 6.54 Å². The van der Waals surface area contributed by atoms with Gasteiger partial charge in [0, 0.05) is 31.0 Å². The van der Waals surface area contributed by atoms with Gasteiger partial charge >= 0.3 is 6.18 Å². The summed E-state index contributed by atoms with van der Waals surface area (Å²) in [5, 5.41) is 2.73. The van der Waals surface area contributed by atoms with Crippen molar-refractivity contribution in [2.75, 3.05) is 6.54 Å². The van der Waals surface area contributed by atoms with E-state index in [0.717, 1.165) is 44.4 Å². The second-order valence-corrected chi connectivity index (χ2v) is 5.55. The van der Waals surface area contributed by atoms with Gasteiger partial charge in [-0.15, -0.1) is 0 Å². The van der Waals surface area contributed by atoms with E-state index >= 15 is 0 Å². The quantitative estimate of drug-likeness (QED) is 0.742. The van der Waals surface area contributed by atoms with Gasteiger partial charge < -0.3 is 9.88 Å². The van der Waals surface area contributed by atoms with E-state index < -0.39 is 11.7 Å². The molecule has 1 heterocycles. The highest BCUT2D eigenvalue weighted by Gasteiger charge is 2.30. The molecule has 130 valence electrons. The number of rotatable bonds is 8. The third-order valence-electron chi connectivity index (χ3n) is 3.66. The number of hydrogen-bond acceptors (Lipinski definition) is 2. The molecule has 0 aliphatic carbocycles. The van der Waals surface area contributed by atoms with E-state index in [-0.39, 0.29) is 11.5 Å². The SMILES string of the molecule is O=C(NCCCCCCn1ccnc1)c1ccc(C(F)(F)F)cc1. The molecule has 1 aromatic heterocycles. The van der Waals surface area contributed by atoms with Gasteiger partial charge in [-0.1, -0.05) is 12.8 Å². The molecule has 2 aromatic rings. The number of nitrogens with one attached hydrogen (secondary N) is 1. The van der Waals surface area contributed by atoms with Gasteiger partial charge in [0.15, 0.2) is 0 Å². The van der Waals surface area contributed by atoms with Crippen molar-refractivity contribution < 1.29 is 18.0 Å². The maximum absolute atomic E-state index is 12.5. The molecular formula is C17H20F3N3O. The Labute approximate surface area is 138 Å². The van der Waals surface area contributed by atoms with E-state index in [1.165, 1.54) is 12.1 Å². The number of nitrogens with zero attached hydrogens (tertiary/aromatic N) is 2. The topological polar surface area (TPSA) is 46.9 Å². The van der Waals surface area contributed by atoms with Crippen molar-refractivity contribution in [3.8, 4) is 0 Å². The van der Waals surface area contributed by atoms with Gasteiger partial charge in [-0.05, 0) is 37.1 Å². The largest absolute Gasteiger partial charge is 0.416 e. The minimum Gasteiger partial charge on any atom is -0.352 e. The smallest absolute Gasteiger partial charge is 0.352 e. The molecule has 0 bridgehead atoms. The van der Waals surface area contributed by atoms with Crippen LogP contribution in [-0.4, -0.2) is 22.0 Å². The Kier molecular flexibility index (Phi) is 6.40. The Hall–Kier alpha value is -2.31. The molecule has 1 amide bonds. The van der Waals surface area contributed by atoms with Gasteiger partial charge in [0.2, 0.25) is 0 Å². The van der Waals surface area contributed by atoms with Gasteiger partial charge in [0.1, 0.15) is 0 Å². The predicted octanol–water partition coefficient (Wildman–Crippen LogP) is 3.89. The number of amides is 1. The summed E-state index contributed by atoms with van der Waals surface area (Å²) in [6, 6.07) is 4.24. The number of alkyl halides is 3. The minimum atomic E-state index is -4.38. The first-order chi connectivity index (χ1) is 11.5. The van der Waals surface area contributed by atoms with E-state index in [2.05, 4.69) is 10.3 Å². The molecule has 0 radical (unpaired) electrons. The number of aryl methyl sites for hydroxylation is 1. The first-order valence-electron chi connectivity index (χ1n) is 7.88. The van der Waals surface area contributed by atoms with Crippen LogP contribution >= 0.6 is 0 Å². The van der Waals surface area contributed by atoms with Gasteiger partial charge in [-0.3, -0.25) is 4.79 Å². The van der Waals surface area contributed by atoms with Crippen LogP contribution < -0.4 is 5.32 Å². The number of carbonyl (C=O) groups excluding carboxylic acids is 1. The highest BCUT2D eigenvalue weighted by molar-refractivity contribution is 5.94. The summed E-state index contributed by atoms with van der Waals surface area (Å²) < 4.78 is 39.4. The molecule has 0 fully saturated rings. The van der Waals surface area contributed by atoms with Crippen molar-refractivity contribution in [2.45, 2.75) is 38.4 Å². The summed E-state index contributed by atoms with van der Waals surface area (Å²) in [7, 11) is 0. The summed E-state index contributed by atoms with van der Waals surface area (Å²) in [6.07, 6.45) is 4.99. The van der Waals surface area contributed by atoms with Crippen LogP contribution in [0.1, 0.15) is 41.6 Å². The van der Waals surface area contributed by atoms with Crippen molar-refractivity contribution in [2.24, 2.45) is 0 Å². The molecule has 0 saturated heterocycles. The number of aromatic nitrogens is 2. The highest BCUT2D eigenvalue weighted by Crippen LogP contribution is 2.29. The summed E-state index contributed by atoms with van der Waals surface area (Å²) in [5.41, 5.74) is -0.514. The zero-order valence-corrected chi connectivity index (χ0v) is 13.2. The molecule has 0 spiro atoms. The Balaban J connectivity index is 1.61. The van der Waals surface area contributed by atoms with E-state index in [4.69, 9.17) is 0 Å². The number of imidazole rings is 1. The maximum atomic E-state index is 12.5. The third kappa shape index (κ3) is 5.72. The van der Waals surface area contributed by atoms with Crippen LogP contribution in [0.5, 0.6) is 0 Å². The van der Waals surface area contributed by atoms with Crippen LogP contribution in [0.3, 0.4) is 0 Å². The molecule has 0 saturated carbocycles. The Morgan fingerprint density at radius 2 is 1.79 bits per heavy atom. The van der Waals surface area contributed by atoms with Crippen LogP contribution in [0.2, 0.25) is 0 Å². The average Bonchev–Trinajstić information content (AvgIpc) is 3.06. The second kappa shape index (κ2) is 8.52. The molecule has 0 aliphatic rings. The monoisotopic (exact) mass is 339 g/mol. The average molecular weight is 339 g/mol. The van der Waals surface area contributed by atoms with Crippen LogP contribution in [0.4, 0.5) is 13.2 Å². The van der Waals surface area contributed by atoms with Gasteiger partial charge in [-0.2, -0.15) is 13.2 Å². The van der Waals surface area contributed by atoms with Crippen molar-refractivity contribution in [3.63, 3.8) is 0 Å². The van der Waals surface area contributed by atoms with Gasteiger partial charge in [0.05, 0.1) is 11.9 Å². The lowest BCUT2D eigenvalue weighted by Crippen LogP contribution is -2.24. The molecule has 0 atom stereocenters. The zero-order chi connectivity index (χ0) is 17.4. The van der Waals surface area contributed by atoms with Crippen molar-refractivity contribution in [1.29, 1.82) is 0 Å². The fraction of sp³-hybridized carbons (Fsp3) is 0.412. The first-order valence-corrected chi connectivity index (χ1v) is 7.88. The van der Waals surface area contributed by atoms with E-state index in [1.54, 1.807) is 12.5 Å². The molecule has 0 unspecified atom stereocenters. The Morgan fingerprint density at radius 3 is 2.42 bits per heavy atom. The second-order valence-electron chi connectivity index (χ2n) is 5.55. The molecule has 7 heteroatoms. The number of benzene rings is 1. The number of hydrogen-bond donors (Lipinski definition) is 1. The number of unbranched alkanes of at least 4 members (excludes halogenated alkanes) is 3. The van der Waals surface area contributed by atoms with Crippen molar-refractivity contribution in [3.05, 3.63) is 54.1 Å². The standard InChI is InChI=1S/C17H20F3N3O/c18-17(19,20)15-7-5-14(6-8-15)16(24)22-9-3-1-2-4-11-23-12-10-21-13-23/h5-8,10,12-13H,1-4,9,11H2,(H,22,24). The summed E-state index contributed by atoms with van der Waals surface area (Å²) >= 11 is 0. The zero-order valence-electron chi connectivity index (χ0n) is 13.2. The first kappa shape index (κ1) is 18.0. The lowest BCUT2D eigenvalue weighted by atomic mass is 10.1. The molecule has 4 nitrogen and oxygen atoms in total. The minimum absolute atomic E-state index is 0.239. The van der Waals surface area contributed by atoms with Gasteiger partial charge in [-0.25, -0.2) is 4.98 Å². The van der Waals surface area contributed by atoms with Crippen LogP contribution in [0, 0.1) is 0 Å². The molecule has 0 aliphatic heterocycles. The fourth-order valence-corrected chi connectivity index (χ4v) is 2.31. The Bertz CT molecular complexity index is 622. The van der Waals surface area contributed by atoms with Crippen molar-refractivity contribution in [1.82, 2.24) is 14.9 Å². The van der Waals surface area contributed by atoms with Crippen LogP contribution in [-0.2, 0) is 12.7 Å². The summed E-state index contributed by atoms with van der Waals surface area (Å²) in [5.74, 6) is -0.345. The van der Waals surface area contributed by atoms with E-state index in [9.17, 15) is 18.0 Å². The molecule has 24 heavy (non-hydrogen) atoms. The Morgan fingerprint density at radius 1 is 1.08 bits per heavy atom. The van der Waals surface area contributed by atoms with Crippen molar-refractivity contribution >= 4 is 5.91 Å². The predicted molar refractivity (Wildman–Crippen MR) is 84.5 cm³/mol. The number of halogens is 3. The maximum Gasteiger partial charge on any atom is 0.416 e. The lowest BCUT2D eigenvalue weighted by molar-refractivity contribution is -0.137. The molecule has 1 N–H and O–H groups in total. The third-order valence-corrected chi connectivity index (χ3v) is 3.66. The van der Waals surface area contributed by atoms with Crippen LogP contribution in [0.25, 0.3) is 0 Å². The summed E-state index contributed by atoms with van der Waals surface area (Å²) in [4.78, 5) is 15.8. The van der Waals surface area contributed by atoms with Gasteiger partial charge in [0.25, 0.3) is 5.91 Å². The summed E-state index contributed by atoms with van der Waals surface area (Å²) in [6.45, 7) is 1.45.